The van der Waals surface area contributed by atoms with Crippen LogP contribution in [0.1, 0.15) is 15.9 Å². The van der Waals surface area contributed by atoms with Crippen LogP contribution in [-0.2, 0) is 6.42 Å². The lowest BCUT2D eigenvalue weighted by molar-refractivity contribution is -0.384. The second kappa shape index (κ2) is 7.24. The maximum Gasteiger partial charge on any atom is 0.270 e. The predicted molar refractivity (Wildman–Crippen MR) is 85.6 cm³/mol. The van der Waals surface area contributed by atoms with Gasteiger partial charge in [-0.1, -0.05) is 35.3 Å². The number of non-ortho nitro benzene ring substituents is 1. The lowest BCUT2D eigenvalue weighted by atomic mass is 10.1. The van der Waals surface area contributed by atoms with E-state index in [-0.39, 0.29) is 16.3 Å². The van der Waals surface area contributed by atoms with Gasteiger partial charge in [-0.05, 0) is 30.2 Å². The van der Waals surface area contributed by atoms with Gasteiger partial charge in [-0.3, -0.25) is 14.9 Å². The Hall–Kier alpha value is -2.11. The van der Waals surface area contributed by atoms with Gasteiger partial charge in [0.05, 0.1) is 15.5 Å². The average Bonchev–Trinajstić information content (AvgIpc) is 2.49. The van der Waals surface area contributed by atoms with Crippen LogP contribution in [0.3, 0.4) is 0 Å². The first kappa shape index (κ1) is 16.3. The smallest absolute Gasteiger partial charge is 0.270 e. The molecule has 2 aromatic carbocycles. The number of nitrogens with one attached hydrogen (secondary N) is 1. The highest BCUT2D eigenvalue weighted by Crippen LogP contribution is 2.21. The molecule has 0 aromatic heterocycles. The van der Waals surface area contributed by atoms with E-state index >= 15 is 0 Å². The van der Waals surface area contributed by atoms with Crippen molar-refractivity contribution < 1.29 is 9.72 Å². The summed E-state index contributed by atoms with van der Waals surface area (Å²) < 4.78 is 0. The van der Waals surface area contributed by atoms with Crippen LogP contribution in [0, 0.1) is 10.1 Å². The number of carbonyl (C=O) groups is 1. The van der Waals surface area contributed by atoms with E-state index in [1.54, 1.807) is 12.1 Å². The van der Waals surface area contributed by atoms with Crippen LogP contribution in [0.4, 0.5) is 5.69 Å². The molecule has 114 valence electrons. The maximum absolute atomic E-state index is 12.0. The molecule has 1 N–H and O–H groups in total. The number of benzene rings is 2. The third-order valence-corrected chi connectivity index (χ3v) is 3.60. The molecule has 0 aliphatic carbocycles. The van der Waals surface area contributed by atoms with E-state index in [1.165, 1.54) is 18.2 Å². The summed E-state index contributed by atoms with van der Waals surface area (Å²) in [5.74, 6) is -0.442. The zero-order chi connectivity index (χ0) is 16.1. The van der Waals surface area contributed by atoms with Crippen molar-refractivity contribution >= 4 is 34.8 Å². The zero-order valence-electron chi connectivity index (χ0n) is 11.4. The summed E-state index contributed by atoms with van der Waals surface area (Å²) >= 11 is 11.7. The minimum atomic E-state index is -0.569. The Morgan fingerprint density at radius 3 is 2.45 bits per heavy atom. The second-order valence-electron chi connectivity index (χ2n) is 4.55. The number of carbonyl (C=O) groups excluding carboxylic acids is 1. The molecule has 0 bridgehead atoms. The Morgan fingerprint density at radius 1 is 1.14 bits per heavy atom. The highest BCUT2D eigenvalue weighted by molar-refractivity contribution is 6.34. The molecular formula is C15H12Cl2N2O3. The van der Waals surface area contributed by atoms with Gasteiger partial charge >= 0.3 is 0 Å². The van der Waals surface area contributed by atoms with Crippen LogP contribution in [0.15, 0.2) is 42.5 Å². The summed E-state index contributed by atoms with van der Waals surface area (Å²) in [5.41, 5.74) is 0.939. The van der Waals surface area contributed by atoms with Crippen LogP contribution in [-0.4, -0.2) is 17.4 Å². The minimum absolute atomic E-state index is 0.0898. The number of nitro groups is 1. The molecule has 0 atom stereocenters. The first-order valence-electron chi connectivity index (χ1n) is 6.44. The molecule has 0 saturated heterocycles. The van der Waals surface area contributed by atoms with E-state index < -0.39 is 10.8 Å². The molecule has 1 amide bonds. The number of rotatable bonds is 5. The molecule has 0 saturated carbocycles. The van der Waals surface area contributed by atoms with Gasteiger partial charge in [0.25, 0.3) is 11.6 Å². The average molecular weight is 339 g/mol. The molecule has 0 unspecified atom stereocenters. The molecule has 7 heteroatoms. The Morgan fingerprint density at radius 2 is 1.82 bits per heavy atom. The Kier molecular flexibility index (Phi) is 5.35. The van der Waals surface area contributed by atoms with E-state index in [4.69, 9.17) is 23.2 Å². The van der Waals surface area contributed by atoms with Crippen LogP contribution in [0.25, 0.3) is 0 Å². The quantitative estimate of drug-likeness (QED) is 0.664. The molecule has 0 aliphatic heterocycles. The summed E-state index contributed by atoms with van der Waals surface area (Å²) in [6.45, 7) is 0.388. The van der Waals surface area contributed by atoms with Gasteiger partial charge in [-0.15, -0.1) is 0 Å². The predicted octanol–water partition coefficient (Wildman–Crippen LogP) is 3.87. The van der Waals surface area contributed by atoms with E-state index in [0.717, 1.165) is 5.56 Å². The number of amides is 1. The van der Waals surface area contributed by atoms with Crippen molar-refractivity contribution in [3.8, 4) is 0 Å². The fourth-order valence-electron chi connectivity index (χ4n) is 1.87. The molecule has 2 aromatic rings. The number of halogens is 2. The van der Waals surface area contributed by atoms with Crippen LogP contribution in [0.2, 0.25) is 10.0 Å². The zero-order valence-corrected chi connectivity index (χ0v) is 12.9. The fraction of sp³-hybridized carbons (Fsp3) is 0.133. The van der Waals surface area contributed by atoms with Crippen LogP contribution < -0.4 is 5.32 Å². The second-order valence-corrected chi connectivity index (χ2v) is 5.40. The number of hydrogen-bond acceptors (Lipinski definition) is 3. The summed E-state index contributed by atoms with van der Waals surface area (Å²) in [6.07, 6.45) is 0.620. The molecule has 0 fully saturated rings. The molecule has 0 aliphatic rings. The van der Waals surface area contributed by atoms with E-state index in [0.29, 0.717) is 18.0 Å². The van der Waals surface area contributed by atoms with Crippen molar-refractivity contribution in [2.24, 2.45) is 0 Å². The molecule has 0 heterocycles. The van der Waals surface area contributed by atoms with Crippen molar-refractivity contribution in [2.75, 3.05) is 6.54 Å². The van der Waals surface area contributed by atoms with Crippen molar-refractivity contribution in [3.05, 3.63) is 73.8 Å². The number of nitrogens with zero attached hydrogens (tertiary/aromatic N) is 1. The van der Waals surface area contributed by atoms with Gasteiger partial charge < -0.3 is 5.32 Å². The van der Waals surface area contributed by atoms with Gasteiger partial charge in [0.1, 0.15) is 0 Å². The molecule has 0 radical (unpaired) electrons. The maximum atomic E-state index is 12.0. The molecular weight excluding hydrogens is 327 g/mol. The van der Waals surface area contributed by atoms with Crippen molar-refractivity contribution in [1.82, 2.24) is 5.32 Å². The van der Waals surface area contributed by atoms with Gasteiger partial charge in [-0.25, -0.2) is 0 Å². The topological polar surface area (TPSA) is 72.2 Å². The molecule has 5 nitrogen and oxygen atoms in total. The highest BCUT2D eigenvalue weighted by atomic mass is 35.5. The van der Waals surface area contributed by atoms with E-state index in [2.05, 4.69) is 5.32 Å². The standard InChI is InChI=1S/C15H12Cl2N2O3/c16-11-3-1-10(2-4-11)7-8-18-15(20)13-9-12(19(21)22)5-6-14(13)17/h1-6,9H,7-8H2,(H,18,20). The summed E-state index contributed by atoms with van der Waals surface area (Å²) in [4.78, 5) is 22.2. The van der Waals surface area contributed by atoms with Crippen LogP contribution in [0.5, 0.6) is 0 Å². The minimum Gasteiger partial charge on any atom is -0.352 e. The van der Waals surface area contributed by atoms with Crippen molar-refractivity contribution in [3.63, 3.8) is 0 Å². The lowest BCUT2D eigenvalue weighted by Crippen LogP contribution is -2.26. The third-order valence-electron chi connectivity index (χ3n) is 3.02. The third kappa shape index (κ3) is 4.19. The molecule has 0 spiro atoms. The molecule has 22 heavy (non-hydrogen) atoms. The van der Waals surface area contributed by atoms with E-state index in [1.807, 2.05) is 12.1 Å². The van der Waals surface area contributed by atoms with Gasteiger partial charge in [0.2, 0.25) is 0 Å². The first-order chi connectivity index (χ1) is 10.5. The number of hydrogen-bond donors (Lipinski definition) is 1. The fourth-order valence-corrected chi connectivity index (χ4v) is 2.20. The summed E-state index contributed by atoms with van der Waals surface area (Å²) in [6, 6.07) is 11.1. The van der Waals surface area contributed by atoms with Gasteiger partial charge in [0.15, 0.2) is 0 Å². The summed E-state index contributed by atoms with van der Waals surface area (Å²) in [5, 5.41) is 14.2. The number of nitro benzene ring substituents is 1. The first-order valence-corrected chi connectivity index (χ1v) is 7.19. The van der Waals surface area contributed by atoms with Crippen molar-refractivity contribution in [1.29, 1.82) is 0 Å². The normalized spacial score (nSPS) is 10.3. The van der Waals surface area contributed by atoms with Gasteiger partial charge in [-0.2, -0.15) is 0 Å². The highest BCUT2D eigenvalue weighted by Gasteiger charge is 2.15. The molecule has 2 rings (SSSR count). The monoisotopic (exact) mass is 338 g/mol. The van der Waals surface area contributed by atoms with Crippen LogP contribution >= 0.6 is 23.2 Å². The Bertz CT molecular complexity index is 702. The Labute approximate surface area is 137 Å². The lowest BCUT2D eigenvalue weighted by Gasteiger charge is -2.07. The largest absolute Gasteiger partial charge is 0.352 e. The van der Waals surface area contributed by atoms with E-state index in [9.17, 15) is 14.9 Å². The van der Waals surface area contributed by atoms with Gasteiger partial charge in [0, 0.05) is 23.7 Å². The van der Waals surface area contributed by atoms with Crippen molar-refractivity contribution in [2.45, 2.75) is 6.42 Å². The Balaban J connectivity index is 1.99. The SMILES string of the molecule is O=C(NCCc1ccc(Cl)cc1)c1cc([N+](=O)[O-])ccc1Cl. The summed E-state index contributed by atoms with van der Waals surface area (Å²) in [7, 11) is 0.